The van der Waals surface area contributed by atoms with Crippen LogP contribution in [0.5, 0.6) is 0 Å². The van der Waals surface area contributed by atoms with E-state index in [0.29, 0.717) is 12.0 Å². The second-order valence-electron chi connectivity index (χ2n) is 6.14. The third kappa shape index (κ3) is 2.63. The molecule has 1 fully saturated rings. The Balaban J connectivity index is 1.63. The minimum absolute atomic E-state index is 0.265. The molecule has 5 rings (SSSR count). The van der Waals surface area contributed by atoms with E-state index in [9.17, 15) is 4.39 Å². The van der Waals surface area contributed by atoms with Gasteiger partial charge in [0.2, 0.25) is 5.95 Å². The fourth-order valence-electron chi connectivity index (χ4n) is 2.97. The summed E-state index contributed by atoms with van der Waals surface area (Å²) in [7, 11) is 0. The predicted octanol–water partition coefficient (Wildman–Crippen LogP) is 3.04. The fraction of sp³-hybridized carbons (Fsp3) is 0.167. The van der Waals surface area contributed by atoms with E-state index in [1.54, 1.807) is 29.7 Å². The second kappa shape index (κ2) is 6.15. The minimum atomic E-state index is -0.265. The molecule has 130 valence electrons. The summed E-state index contributed by atoms with van der Waals surface area (Å²) in [6.45, 7) is 1.83. The van der Waals surface area contributed by atoms with Crippen molar-refractivity contribution >= 4 is 22.2 Å². The molecule has 26 heavy (non-hydrogen) atoms. The molecule has 6 nitrogen and oxygen atoms in total. The molecule has 4 heterocycles. The molecule has 3 aromatic heterocycles. The normalized spacial score (nSPS) is 14.5. The van der Waals surface area contributed by atoms with Crippen molar-refractivity contribution in [2.75, 3.05) is 18.4 Å². The van der Waals surface area contributed by atoms with Crippen LogP contribution >= 0.6 is 11.3 Å². The lowest BCUT2D eigenvalue weighted by molar-refractivity contribution is 0.470. The van der Waals surface area contributed by atoms with Crippen LogP contribution in [0.4, 0.5) is 10.3 Å². The average Bonchev–Trinajstić information content (AvgIpc) is 3.20. The minimum Gasteiger partial charge on any atom is -0.349 e. The van der Waals surface area contributed by atoms with Gasteiger partial charge in [0.1, 0.15) is 11.5 Å². The quantitative estimate of drug-likeness (QED) is 0.581. The summed E-state index contributed by atoms with van der Waals surface area (Å²) in [6.07, 6.45) is 3.72. The topological polar surface area (TPSA) is 67.1 Å². The molecule has 0 spiro atoms. The Bertz CT molecular complexity index is 1070. The molecule has 1 aliphatic heterocycles. The number of halogens is 1. The standard InChI is InChI=1S/C18H15FN6S/c19-12-3-1-11(2-4-12)15-16(25-7-8-26-18(25)24-15)14-5-6-21-17(23-14)22-13-9-20-10-13/h1-8,13,20H,9-10H2,(H,21,22,23). The molecule has 1 aliphatic rings. The zero-order valence-electron chi connectivity index (χ0n) is 13.7. The van der Waals surface area contributed by atoms with Crippen LogP contribution < -0.4 is 10.6 Å². The van der Waals surface area contributed by atoms with Gasteiger partial charge in [-0.1, -0.05) is 0 Å². The zero-order valence-corrected chi connectivity index (χ0v) is 14.5. The summed E-state index contributed by atoms with van der Waals surface area (Å²) in [6, 6.07) is 8.61. The van der Waals surface area contributed by atoms with Crippen LogP contribution in [0.15, 0.2) is 48.1 Å². The van der Waals surface area contributed by atoms with Gasteiger partial charge in [0, 0.05) is 36.4 Å². The molecule has 2 N–H and O–H groups in total. The predicted molar refractivity (Wildman–Crippen MR) is 99.8 cm³/mol. The van der Waals surface area contributed by atoms with Crippen LogP contribution in [0.25, 0.3) is 27.6 Å². The number of nitrogens with zero attached hydrogens (tertiary/aromatic N) is 4. The first-order valence-corrected chi connectivity index (χ1v) is 9.18. The number of nitrogens with one attached hydrogen (secondary N) is 2. The summed E-state index contributed by atoms with van der Waals surface area (Å²) < 4.78 is 15.3. The Hall–Kier alpha value is -2.84. The Morgan fingerprint density at radius 1 is 1.15 bits per heavy atom. The molecule has 1 saturated heterocycles. The van der Waals surface area contributed by atoms with Gasteiger partial charge in [-0.15, -0.1) is 11.3 Å². The second-order valence-corrected chi connectivity index (χ2v) is 7.01. The SMILES string of the molecule is Fc1ccc(-c2nc3sccn3c2-c2ccnc(NC3CNC3)n2)cc1. The Morgan fingerprint density at radius 3 is 2.77 bits per heavy atom. The third-order valence-corrected chi connectivity index (χ3v) is 5.15. The average molecular weight is 366 g/mol. The van der Waals surface area contributed by atoms with E-state index in [1.165, 1.54) is 12.1 Å². The van der Waals surface area contributed by atoms with Crippen molar-refractivity contribution in [2.45, 2.75) is 6.04 Å². The van der Waals surface area contributed by atoms with Gasteiger partial charge in [-0.05, 0) is 30.3 Å². The van der Waals surface area contributed by atoms with Crippen LogP contribution in [0.3, 0.4) is 0 Å². The summed E-state index contributed by atoms with van der Waals surface area (Å²) in [5.41, 5.74) is 3.30. The summed E-state index contributed by atoms with van der Waals surface area (Å²) in [5.74, 6) is 0.336. The number of thiazole rings is 1. The lowest BCUT2D eigenvalue weighted by Gasteiger charge is -2.27. The largest absolute Gasteiger partial charge is 0.349 e. The number of hydrogen-bond acceptors (Lipinski definition) is 6. The summed E-state index contributed by atoms with van der Waals surface area (Å²) in [4.78, 5) is 14.6. The monoisotopic (exact) mass is 366 g/mol. The molecule has 0 amide bonds. The maximum atomic E-state index is 13.3. The number of aromatic nitrogens is 4. The van der Waals surface area contributed by atoms with Crippen LogP contribution in [-0.2, 0) is 0 Å². The van der Waals surface area contributed by atoms with Gasteiger partial charge in [-0.25, -0.2) is 19.3 Å². The number of rotatable bonds is 4. The smallest absolute Gasteiger partial charge is 0.223 e. The first kappa shape index (κ1) is 15.4. The number of hydrogen-bond donors (Lipinski definition) is 2. The lowest BCUT2D eigenvalue weighted by Crippen LogP contribution is -2.51. The van der Waals surface area contributed by atoms with Crippen molar-refractivity contribution in [3.63, 3.8) is 0 Å². The first-order valence-electron chi connectivity index (χ1n) is 8.30. The van der Waals surface area contributed by atoms with Gasteiger partial charge in [0.25, 0.3) is 0 Å². The first-order chi connectivity index (χ1) is 12.8. The third-order valence-electron chi connectivity index (χ3n) is 4.39. The highest BCUT2D eigenvalue weighted by atomic mass is 32.1. The summed E-state index contributed by atoms with van der Waals surface area (Å²) in [5, 5.41) is 8.53. The maximum absolute atomic E-state index is 13.3. The van der Waals surface area contributed by atoms with Crippen molar-refractivity contribution in [2.24, 2.45) is 0 Å². The fourth-order valence-corrected chi connectivity index (χ4v) is 3.69. The molecule has 4 aromatic rings. The van der Waals surface area contributed by atoms with Gasteiger partial charge >= 0.3 is 0 Å². The molecular formula is C18H15FN6S. The van der Waals surface area contributed by atoms with Crippen LogP contribution in [0.1, 0.15) is 0 Å². The van der Waals surface area contributed by atoms with Crippen LogP contribution in [0.2, 0.25) is 0 Å². The van der Waals surface area contributed by atoms with Gasteiger partial charge in [-0.3, -0.25) is 4.40 Å². The number of fused-ring (bicyclic) bond motifs is 1. The highest BCUT2D eigenvalue weighted by molar-refractivity contribution is 7.15. The zero-order chi connectivity index (χ0) is 17.5. The highest BCUT2D eigenvalue weighted by Gasteiger charge is 2.20. The Morgan fingerprint density at radius 2 is 2.00 bits per heavy atom. The summed E-state index contributed by atoms with van der Waals surface area (Å²) >= 11 is 1.55. The molecule has 0 atom stereocenters. The van der Waals surface area contributed by atoms with E-state index in [1.807, 2.05) is 22.0 Å². The molecule has 0 unspecified atom stereocenters. The van der Waals surface area contributed by atoms with Gasteiger partial charge in [0.15, 0.2) is 4.96 Å². The molecular weight excluding hydrogens is 351 g/mol. The van der Waals surface area contributed by atoms with E-state index < -0.39 is 0 Å². The number of benzene rings is 1. The molecule has 0 bridgehead atoms. The highest BCUT2D eigenvalue weighted by Crippen LogP contribution is 2.33. The van der Waals surface area contributed by atoms with Crippen LogP contribution in [0, 0.1) is 5.82 Å². The molecule has 0 saturated carbocycles. The van der Waals surface area contributed by atoms with Crippen molar-refractivity contribution in [3.05, 3.63) is 53.9 Å². The number of imidazole rings is 1. The van der Waals surface area contributed by atoms with E-state index in [2.05, 4.69) is 15.6 Å². The van der Waals surface area contributed by atoms with Crippen molar-refractivity contribution in [1.29, 1.82) is 0 Å². The number of anilines is 1. The van der Waals surface area contributed by atoms with E-state index in [4.69, 9.17) is 9.97 Å². The lowest BCUT2D eigenvalue weighted by atomic mass is 10.1. The van der Waals surface area contributed by atoms with Crippen LogP contribution in [-0.4, -0.2) is 38.5 Å². The van der Waals surface area contributed by atoms with Crippen molar-refractivity contribution in [1.82, 2.24) is 24.7 Å². The van der Waals surface area contributed by atoms with E-state index >= 15 is 0 Å². The maximum Gasteiger partial charge on any atom is 0.223 e. The molecule has 0 radical (unpaired) electrons. The molecule has 1 aromatic carbocycles. The van der Waals surface area contributed by atoms with Gasteiger partial charge in [0.05, 0.1) is 17.4 Å². The Kier molecular flexibility index (Phi) is 3.65. The Labute approximate surface area is 152 Å². The van der Waals surface area contributed by atoms with E-state index in [-0.39, 0.29) is 5.82 Å². The van der Waals surface area contributed by atoms with Crippen molar-refractivity contribution in [3.8, 4) is 22.6 Å². The van der Waals surface area contributed by atoms with E-state index in [0.717, 1.165) is 40.7 Å². The van der Waals surface area contributed by atoms with Gasteiger partial charge in [-0.2, -0.15) is 0 Å². The van der Waals surface area contributed by atoms with Gasteiger partial charge < -0.3 is 10.6 Å². The molecule has 8 heteroatoms. The van der Waals surface area contributed by atoms with Crippen molar-refractivity contribution < 1.29 is 4.39 Å². The molecule has 0 aliphatic carbocycles.